The zero-order valence-corrected chi connectivity index (χ0v) is 9.64. The van der Waals surface area contributed by atoms with Crippen LogP contribution in [0.5, 0.6) is 0 Å². The summed E-state index contributed by atoms with van der Waals surface area (Å²) < 4.78 is 0. The van der Waals surface area contributed by atoms with Crippen LogP contribution < -0.4 is 0 Å². The van der Waals surface area contributed by atoms with Crippen molar-refractivity contribution in [1.82, 2.24) is 14.9 Å². The van der Waals surface area contributed by atoms with E-state index in [-0.39, 0.29) is 17.3 Å². The van der Waals surface area contributed by atoms with Gasteiger partial charge < -0.3 is 15.0 Å². The van der Waals surface area contributed by atoms with E-state index in [1.54, 1.807) is 11.9 Å². The molecule has 1 saturated carbocycles. The molecule has 0 bridgehead atoms. The number of hydrogen-bond acceptors (Lipinski definition) is 3. The highest BCUT2D eigenvalue weighted by atomic mass is 16.4. The molecule has 0 unspecified atom stereocenters. The Morgan fingerprint density at radius 1 is 1.59 bits per heavy atom. The van der Waals surface area contributed by atoms with Crippen LogP contribution in [0.1, 0.15) is 40.2 Å². The number of rotatable bonds is 4. The molecule has 1 amide bonds. The Labute approximate surface area is 98.7 Å². The number of aromatic amines is 1. The van der Waals surface area contributed by atoms with Gasteiger partial charge in [0.2, 0.25) is 0 Å². The number of aromatic carboxylic acids is 1. The van der Waals surface area contributed by atoms with Crippen LogP contribution in [-0.2, 0) is 0 Å². The third-order valence-corrected chi connectivity index (χ3v) is 3.16. The summed E-state index contributed by atoms with van der Waals surface area (Å²) in [5, 5.41) is 8.88. The molecule has 17 heavy (non-hydrogen) atoms. The van der Waals surface area contributed by atoms with Gasteiger partial charge in [-0.2, -0.15) is 0 Å². The second-order valence-corrected chi connectivity index (χ2v) is 4.41. The minimum atomic E-state index is -1.16. The van der Waals surface area contributed by atoms with E-state index in [1.807, 2.05) is 0 Å². The summed E-state index contributed by atoms with van der Waals surface area (Å²) in [6.07, 6.45) is 4.73. The molecule has 92 valence electrons. The van der Waals surface area contributed by atoms with E-state index in [9.17, 15) is 9.59 Å². The average molecular weight is 237 g/mol. The number of imidazole rings is 1. The Bertz CT molecular complexity index is 437. The van der Waals surface area contributed by atoms with Gasteiger partial charge in [0, 0.05) is 13.6 Å². The lowest BCUT2D eigenvalue weighted by Gasteiger charge is -2.29. The maximum absolute atomic E-state index is 12.0. The molecular formula is C11H15N3O3. The molecule has 1 fully saturated rings. The minimum Gasteiger partial charge on any atom is -0.477 e. The predicted octanol–water partition coefficient (Wildman–Crippen LogP) is 0.980. The van der Waals surface area contributed by atoms with E-state index >= 15 is 0 Å². The van der Waals surface area contributed by atoms with Crippen molar-refractivity contribution < 1.29 is 14.7 Å². The molecule has 2 N–H and O–H groups in total. The van der Waals surface area contributed by atoms with Crippen molar-refractivity contribution in [2.75, 3.05) is 13.6 Å². The van der Waals surface area contributed by atoms with Crippen molar-refractivity contribution in [2.45, 2.75) is 19.3 Å². The number of H-pyrrole nitrogens is 1. The van der Waals surface area contributed by atoms with Crippen LogP contribution in [0, 0.1) is 5.92 Å². The first kappa shape index (κ1) is 11.6. The Kier molecular flexibility index (Phi) is 3.12. The first-order valence-corrected chi connectivity index (χ1v) is 5.61. The lowest BCUT2D eigenvalue weighted by Crippen LogP contribution is -2.35. The predicted molar refractivity (Wildman–Crippen MR) is 59.8 cm³/mol. The molecule has 1 aromatic heterocycles. The van der Waals surface area contributed by atoms with Crippen molar-refractivity contribution in [3.05, 3.63) is 17.7 Å². The normalized spacial score (nSPS) is 15.4. The molecule has 6 heteroatoms. The van der Waals surface area contributed by atoms with Crippen LogP contribution in [0.3, 0.4) is 0 Å². The first-order chi connectivity index (χ1) is 8.09. The van der Waals surface area contributed by atoms with Crippen LogP contribution in [0.2, 0.25) is 0 Å². The Hall–Kier alpha value is -1.85. The van der Waals surface area contributed by atoms with Crippen molar-refractivity contribution in [2.24, 2.45) is 5.92 Å². The van der Waals surface area contributed by atoms with Gasteiger partial charge in [0.05, 0.1) is 6.33 Å². The number of nitrogens with one attached hydrogen (secondary N) is 1. The van der Waals surface area contributed by atoms with E-state index in [0.717, 1.165) is 12.8 Å². The second-order valence-electron chi connectivity index (χ2n) is 4.41. The molecular weight excluding hydrogens is 222 g/mol. The third kappa shape index (κ3) is 2.30. The number of carbonyl (C=O) groups excluding carboxylic acids is 1. The lowest BCUT2D eigenvalue weighted by molar-refractivity contribution is 0.0666. The minimum absolute atomic E-state index is 0.0145. The fraction of sp³-hybridized carbons (Fsp3) is 0.545. The van der Waals surface area contributed by atoms with E-state index in [0.29, 0.717) is 12.5 Å². The second kappa shape index (κ2) is 4.57. The van der Waals surface area contributed by atoms with E-state index in [2.05, 4.69) is 9.97 Å². The number of carboxylic acid groups (broad SMARTS) is 1. The zero-order valence-electron chi connectivity index (χ0n) is 9.64. The van der Waals surface area contributed by atoms with E-state index in [1.165, 1.54) is 12.7 Å². The quantitative estimate of drug-likeness (QED) is 0.817. The largest absolute Gasteiger partial charge is 0.477 e. The van der Waals surface area contributed by atoms with E-state index in [4.69, 9.17) is 5.11 Å². The van der Waals surface area contributed by atoms with Crippen LogP contribution in [0.4, 0.5) is 0 Å². The Balaban J connectivity index is 2.07. The topological polar surface area (TPSA) is 86.3 Å². The molecule has 6 nitrogen and oxygen atoms in total. The average Bonchev–Trinajstić information content (AvgIpc) is 2.70. The molecule has 0 saturated heterocycles. The zero-order chi connectivity index (χ0) is 12.4. The maximum atomic E-state index is 12.0. The summed E-state index contributed by atoms with van der Waals surface area (Å²) >= 11 is 0. The molecule has 1 aliphatic carbocycles. The van der Waals surface area contributed by atoms with Crippen molar-refractivity contribution in [1.29, 1.82) is 0 Å². The van der Waals surface area contributed by atoms with Crippen molar-refractivity contribution >= 4 is 11.9 Å². The van der Waals surface area contributed by atoms with Crippen LogP contribution in [-0.4, -0.2) is 45.4 Å². The Morgan fingerprint density at radius 2 is 2.29 bits per heavy atom. The smallest absolute Gasteiger partial charge is 0.354 e. The van der Waals surface area contributed by atoms with Crippen molar-refractivity contribution in [3.63, 3.8) is 0 Å². The van der Waals surface area contributed by atoms with E-state index < -0.39 is 5.97 Å². The molecule has 1 aromatic rings. The SMILES string of the molecule is CN(CC1CCC1)C(=O)c1nc[nH]c1C(=O)O. The molecule has 0 spiro atoms. The molecule has 0 aliphatic heterocycles. The number of aromatic nitrogens is 2. The number of amides is 1. The monoisotopic (exact) mass is 237 g/mol. The highest BCUT2D eigenvalue weighted by Gasteiger charge is 2.26. The summed E-state index contributed by atoms with van der Waals surface area (Å²) in [5.74, 6) is -0.949. The Morgan fingerprint density at radius 3 is 2.82 bits per heavy atom. The van der Waals surface area contributed by atoms with Crippen LogP contribution in [0.25, 0.3) is 0 Å². The lowest BCUT2D eigenvalue weighted by atomic mass is 9.85. The summed E-state index contributed by atoms with van der Waals surface area (Å²) in [6.45, 7) is 0.671. The summed E-state index contributed by atoms with van der Waals surface area (Å²) in [7, 11) is 1.68. The van der Waals surface area contributed by atoms with Gasteiger partial charge in [0.25, 0.3) is 5.91 Å². The molecule has 1 aliphatic rings. The molecule has 0 atom stereocenters. The van der Waals surface area contributed by atoms with Gasteiger partial charge in [-0.15, -0.1) is 0 Å². The fourth-order valence-corrected chi connectivity index (χ4v) is 1.95. The number of carboxylic acids is 1. The highest BCUT2D eigenvalue weighted by molar-refractivity contribution is 6.02. The number of nitrogens with zero attached hydrogens (tertiary/aromatic N) is 2. The van der Waals surface area contributed by atoms with Gasteiger partial charge >= 0.3 is 5.97 Å². The molecule has 2 rings (SSSR count). The summed E-state index contributed by atoms with van der Waals surface area (Å²) in [5.41, 5.74) is -0.158. The van der Waals surface area contributed by atoms with Crippen LogP contribution in [0.15, 0.2) is 6.33 Å². The van der Waals surface area contributed by atoms with Gasteiger partial charge in [-0.05, 0) is 18.8 Å². The number of carbonyl (C=O) groups is 2. The van der Waals surface area contributed by atoms with Crippen molar-refractivity contribution in [3.8, 4) is 0 Å². The first-order valence-electron chi connectivity index (χ1n) is 5.61. The van der Waals surface area contributed by atoms with Gasteiger partial charge in [-0.25, -0.2) is 9.78 Å². The third-order valence-electron chi connectivity index (χ3n) is 3.16. The van der Waals surface area contributed by atoms with Gasteiger partial charge in [0.15, 0.2) is 11.4 Å². The van der Waals surface area contributed by atoms with Gasteiger partial charge in [-0.1, -0.05) is 6.42 Å². The van der Waals surface area contributed by atoms with Crippen LogP contribution >= 0.6 is 0 Å². The van der Waals surface area contributed by atoms with Gasteiger partial charge in [0.1, 0.15) is 0 Å². The maximum Gasteiger partial charge on any atom is 0.354 e. The fourth-order valence-electron chi connectivity index (χ4n) is 1.95. The summed E-state index contributed by atoms with van der Waals surface area (Å²) in [6, 6.07) is 0. The van der Waals surface area contributed by atoms with Gasteiger partial charge in [-0.3, -0.25) is 4.79 Å². The summed E-state index contributed by atoms with van der Waals surface area (Å²) in [4.78, 5) is 30.6. The standard InChI is InChI=1S/C11H15N3O3/c1-14(5-7-3-2-4-7)10(15)8-9(11(16)17)13-6-12-8/h6-7H,2-5H2,1H3,(H,12,13)(H,16,17). The number of hydrogen-bond donors (Lipinski definition) is 2. The molecule has 0 aromatic carbocycles. The molecule has 1 heterocycles. The molecule has 0 radical (unpaired) electrons. The highest BCUT2D eigenvalue weighted by Crippen LogP contribution is 2.27.